The summed E-state index contributed by atoms with van der Waals surface area (Å²) in [5.41, 5.74) is 4.14. The second-order valence-electron chi connectivity index (χ2n) is 9.99. The van der Waals surface area contributed by atoms with Crippen molar-refractivity contribution in [2.75, 3.05) is 0 Å². The van der Waals surface area contributed by atoms with Crippen molar-refractivity contribution < 1.29 is 13.3 Å². The van der Waals surface area contributed by atoms with Crippen LogP contribution in [0.15, 0.2) is 35.5 Å². The third-order valence-corrected chi connectivity index (χ3v) is 8.06. The molecule has 0 unspecified atom stereocenters. The molecular formula is C27H44O. The molecule has 3 aliphatic rings. The van der Waals surface area contributed by atoms with Gasteiger partial charge in [-0.25, -0.2) is 0 Å². The van der Waals surface area contributed by atoms with Crippen molar-refractivity contribution in [1.82, 2.24) is 0 Å². The summed E-state index contributed by atoms with van der Waals surface area (Å²) in [6, 6.07) is 0. The molecule has 0 radical (unpaired) electrons. The van der Waals surface area contributed by atoms with Gasteiger partial charge in [0, 0.05) is 8.22 Å². The summed E-state index contributed by atoms with van der Waals surface area (Å²) >= 11 is 0. The molecule has 158 valence electrons. The van der Waals surface area contributed by atoms with Crippen molar-refractivity contribution >= 4 is 0 Å². The highest BCUT2D eigenvalue weighted by Crippen LogP contribution is 2.59. The Hall–Kier alpha value is -0.820. The average Bonchev–Trinajstić information content (AvgIpc) is 3.07. The smallest absolute Gasteiger partial charge is 0.0583 e. The van der Waals surface area contributed by atoms with E-state index < -0.39 is 19.6 Å². The topological polar surface area (TPSA) is 20.2 Å². The molecule has 3 saturated carbocycles. The first-order valence-corrected chi connectivity index (χ1v) is 11.5. The Morgan fingerprint density at radius 3 is 2.82 bits per heavy atom. The van der Waals surface area contributed by atoms with E-state index in [9.17, 15) is 5.11 Å². The molecule has 5 atom stereocenters. The molecule has 0 aromatic heterocycles. The molecule has 0 amide bonds. The van der Waals surface area contributed by atoms with Gasteiger partial charge in [0.1, 0.15) is 0 Å². The van der Waals surface area contributed by atoms with Crippen LogP contribution in [0.3, 0.4) is 0 Å². The highest BCUT2D eigenvalue weighted by molar-refractivity contribution is 5.36. The van der Waals surface area contributed by atoms with Crippen molar-refractivity contribution in [3.63, 3.8) is 0 Å². The fraction of sp³-hybridized carbons (Fsp3) is 0.778. The van der Waals surface area contributed by atoms with Gasteiger partial charge in [0.15, 0.2) is 0 Å². The molecule has 0 aliphatic heterocycles. The fourth-order valence-corrected chi connectivity index (χ4v) is 6.45. The summed E-state index contributed by atoms with van der Waals surface area (Å²) < 4.78 is 45.9. The molecule has 28 heavy (non-hydrogen) atoms. The van der Waals surface area contributed by atoms with Crippen molar-refractivity contribution in [3.8, 4) is 0 Å². The van der Waals surface area contributed by atoms with E-state index in [0.717, 1.165) is 31.3 Å². The SMILES string of the molecule is [2H]C([2H])([2H])C(CCC[C@@H](C)[C@H]1CC[C@H]2/C(=C/C=C3\C[C@@H](O)CCC3=C)CCC[C@]12C)C([2H])([2H])[2H]. The van der Waals surface area contributed by atoms with E-state index in [1.54, 1.807) is 0 Å². The number of aliphatic hydroxyl groups excluding tert-OH is 1. The van der Waals surface area contributed by atoms with Gasteiger partial charge in [-0.3, -0.25) is 0 Å². The largest absolute Gasteiger partial charge is 0.393 e. The van der Waals surface area contributed by atoms with E-state index in [2.05, 4.69) is 32.6 Å². The minimum Gasteiger partial charge on any atom is -0.393 e. The van der Waals surface area contributed by atoms with Gasteiger partial charge in [-0.05, 0) is 86.0 Å². The normalized spacial score (nSPS) is 41.7. The van der Waals surface area contributed by atoms with Crippen LogP contribution < -0.4 is 0 Å². The third kappa shape index (κ3) is 4.84. The quantitative estimate of drug-likeness (QED) is 0.494. The predicted octanol–water partition coefficient (Wildman–Crippen LogP) is 7.62. The first-order valence-electron chi connectivity index (χ1n) is 14.5. The standard InChI is InChI=1S/C27H44O/c1-19(2)8-6-9-21(4)25-15-16-26-22(10-7-17-27(25,26)5)12-13-23-18-24(28)14-11-20(23)3/h12-13,19,21,24-26,28H,3,6-11,14-18H2,1-2,4-5H3/b22-12+,23-13+/t21-,24+,25-,26+,27-/m1/s1/i1D3,2D3. The zero-order chi connectivity index (χ0) is 25.3. The Morgan fingerprint density at radius 2 is 2.04 bits per heavy atom. The summed E-state index contributed by atoms with van der Waals surface area (Å²) in [5.74, 6) is 0.378. The number of allylic oxidation sites excluding steroid dienone is 4. The lowest BCUT2D eigenvalue weighted by Crippen LogP contribution is -2.36. The van der Waals surface area contributed by atoms with Crippen LogP contribution in [0, 0.1) is 29.1 Å². The van der Waals surface area contributed by atoms with Crippen LogP contribution in [-0.2, 0) is 0 Å². The molecule has 3 fully saturated rings. The van der Waals surface area contributed by atoms with Gasteiger partial charge in [-0.2, -0.15) is 0 Å². The summed E-state index contributed by atoms with van der Waals surface area (Å²) in [4.78, 5) is 0. The van der Waals surface area contributed by atoms with E-state index in [0.29, 0.717) is 30.6 Å². The van der Waals surface area contributed by atoms with Crippen LogP contribution in [0.4, 0.5) is 0 Å². The zero-order valence-corrected chi connectivity index (χ0v) is 18.0. The summed E-state index contributed by atoms with van der Waals surface area (Å²) in [6.45, 7) is 4.06. The van der Waals surface area contributed by atoms with E-state index in [4.69, 9.17) is 8.22 Å². The molecule has 1 heteroatoms. The van der Waals surface area contributed by atoms with Gasteiger partial charge in [0.25, 0.3) is 0 Å². The maximum Gasteiger partial charge on any atom is 0.0583 e. The maximum atomic E-state index is 10.1. The van der Waals surface area contributed by atoms with E-state index in [1.165, 1.54) is 36.8 Å². The molecule has 1 N–H and O–H groups in total. The van der Waals surface area contributed by atoms with E-state index >= 15 is 0 Å². The molecule has 0 aromatic carbocycles. The van der Waals surface area contributed by atoms with Crippen LogP contribution in [0.1, 0.15) is 106 Å². The van der Waals surface area contributed by atoms with Crippen molar-refractivity contribution in [3.05, 3.63) is 35.5 Å². The summed E-state index contributed by atoms with van der Waals surface area (Å²) in [6.07, 6.45) is 14.4. The highest BCUT2D eigenvalue weighted by Gasteiger charge is 2.50. The second kappa shape index (κ2) is 9.33. The lowest BCUT2D eigenvalue weighted by molar-refractivity contribution is 0.0929. The first kappa shape index (κ1) is 15.1. The van der Waals surface area contributed by atoms with Crippen molar-refractivity contribution in [2.45, 2.75) is 104 Å². The minimum atomic E-state index is -2.43. The van der Waals surface area contributed by atoms with Crippen LogP contribution in [0.5, 0.6) is 0 Å². The van der Waals surface area contributed by atoms with Crippen molar-refractivity contribution in [1.29, 1.82) is 0 Å². The molecule has 0 saturated heterocycles. The molecule has 0 bridgehead atoms. The first-order chi connectivity index (χ1) is 15.7. The monoisotopic (exact) mass is 390 g/mol. The van der Waals surface area contributed by atoms with Gasteiger partial charge in [-0.15, -0.1) is 0 Å². The van der Waals surface area contributed by atoms with Gasteiger partial charge < -0.3 is 5.11 Å². The highest BCUT2D eigenvalue weighted by atomic mass is 16.3. The average molecular weight is 391 g/mol. The molecule has 0 heterocycles. The molecule has 1 nitrogen and oxygen atoms in total. The van der Waals surface area contributed by atoms with Gasteiger partial charge in [0.05, 0.1) is 6.10 Å². The Balaban J connectivity index is 1.65. The van der Waals surface area contributed by atoms with E-state index in [1.807, 2.05) is 0 Å². The molecular weight excluding hydrogens is 340 g/mol. The van der Waals surface area contributed by atoms with E-state index in [-0.39, 0.29) is 17.9 Å². The molecule has 3 aliphatic carbocycles. The van der Waals surface area contributed by atoms with Crippen molar-refractivity contribution in [2.24, 2.45) is 29.1 Å². The third-order valence-electron chi connectivity index (χ3n) is 8.06. The minimum absolute atomic E-state index is 0.235. The lowest BCUT2D eigenvalue weighted by Gasteiger charge is -2.44. The molecule has 0 aromatic rings. The fourth-order valence-electron chi connectivity index (χ4n) is 6.45. The van der Waals surface area contributed by atoms with Crippen LogP contribution in [0.25, 0.3) is 0 Å². The number of fused-ring (bicyclic) bond motifs is 1. The molecule has 0 spiro atoms. The Morgan fingerprint density at radius 1 is 1.21 bits per heavy atom. The summed E-state index contributed by atoms with van der Waals surface area (Å²) in [5, 5.41) is 10.1. The maximum absolute atomic E-state index is 10.1. The molecule has 3 rings (SSSR count). The number of hydrogen-bond donors (Lipinski definition) is 1. The Kier molecular flexibility index (Phi) is 5.02. The number of rotatable bonds is 6. The Labute approximate surface area is 182 Å². The number of aliphatic hydroxyl groups is 1. The second-order valence-corrected chi connectivity index (χ2v) is 9.99. The lowest BCUT2D eigenvalue weighted by atomic mass is 9.60. The van der Waals surface area contributed by atoms with Crippen LogP contribution in [0.2, 0.25) is 0 Å². The summed E-state index contributed by atoms with van der Waals surface area (Å²) in [7, 11) is 0. The van der Waals surface area contributed by atoms with Gasteiger partial charge in [-0.1, -0.05) is 76.7 Å². The zero-order valence-electron chi connectivity index (χ0n) is 24.0. The predicted molar refractivity (Wildman–Crippen MR) is 121 cm³/mol. The van der Waals surface area contributed by atoms with Crippen LogP contribution >= 0.6 is 0 Å². The Bertz CT molecular complexity index is 778. The van der Waals surface area contributed by atoms with Crippen LogP contribution in [-0.4, -0.2) is 11.2 Å². The number of hydrogen-bond acceptors (Lipinski definition) is 1. The van der Waals surface area contributed by atoms with Gasteiger partial charge in [0.2, 0.25) is 0 Å². The van der Waals surface area contributed by atoms with Gasteiger partial charge >= 0.3 is 0 Å².